The van der Waals surface area contributed by atoms with Crippen LogP contribution < -0.4 is 0 Å². The number of aliphatic hydroxyl groups is 1. The number of ether oxygens (including phenoxy) is 2. The fourth-order valence-corrected chi connectivity index (χ4v) is 3.29. The Hall–Kier alpha value is -0.380. The zero-order valence-corrected chi connectivity index (χ0v) is 19.1. The van der Waals surface area contributed by atoms with Crippen molar-refractivity contribution in [3.63, 3.8) is 0 Å². The molecule has 0 bridgehead atoms. The minimum absolute atomic E-state index is 0.0138. The smallest absolute Gasteiger partial charge is 0.157 e. The molecule has 0 rings (SSSR count). The van der Waals surface area contributed by atoms with E-state index in [1.165, 1.54) is 77.0 Å². The summed E-state index contributed by atoms with van der Waals surface area (Å²) in [4.78, 5) is 0. The maximum Gasteiger partial charge on any atom is 0.157 e. The van der Waals surface area contributed by atoms with E-state index in [-0.39, 0.29) is 12.9 Å². The first-order valence-electron chi connectivity index (χ1n) is 12.3. The van der Waals surface area contributed by atoms with Gasteiger partial charge in [0.05, 0.1) is 0 Å². The van der Waals surface area contributed by atoms with Crippen molar-refractivity contribution in [1.82, 2.24) is 0 Å². The molecule has 0 saturated carbocycles. The third-order valence-corrected chi connectivity index (χ3v) is 5.13. The van der Waals surface area contributed by atoms with E-state index in [1.54, 1.807) is 0 Å². The van der Waals surface area contributed by atoms with Crippen molar-refractivity contribution in [2.75, 3.05) is 19.8 Å². The van der Waals surface area contributed by atoms with Gasteiger partial charge in [-0.25, -0.2) is 0 Å². The van der Waals surface area contributed by atoms with Crippen LogP contribution in [0, 0.1) is 0 Å². The zero-order chi connectivity index (χ0) is 20.5. The monoisotopic (exact) mass is 398 g/mol. The molecule has 168 valence electrons. The Morgan fingerprint density at radius 3 is 1.68 bits per heavy atom. The topological polar surface area (TPSA) is 38.7 Å². The Labute approximate surface area is 176 Å². The molecular weight excluding hydrogens is 348 g/mol. The zero-order valence-electron chi connectivity index (χ0n) is 19.1. The minimum atomic E-state index is 0.0138. The molecular formula is C25H50O3. The molecule has 0 aromatic carbocycles. The highest BCUT2D eigenvalue weighted by molar-refractivity contribution is 4.80. The quantitative estimate of drug-likeness (QED) is 0.110. The fraction of sp³-hybridized carbons (Fsp3) is 0.920. The Morgan fingerprint density at radius 1 is 0.607 bits per heavy atom. The van der Waals surface area contributed by atoms with Crippen LogP contribution in [-0.4, -0.2) is 31.2 Å². The number of allylic oxidation sites excluding steroid dienone is 1. The first-order valence-corrected chi connectivity index (χ1v) is 12.3. The van der Waals surface area contributed by atoms with Crippen molar-refractivity contribution in [3.8, 4) is 0 Å². The van der Waals surface area contributed by atoms with E-state index >= 15 is 0 Å². The van der Waals surface area contributed by atoms with Crippen LogP contribution in [0.1, 0.15) is 123 Å². The highest BCUT2D eigenvalue weighted by atomic mass is 16.7. The maximum absolute atomic E-state index is 8.72. The van der Waals surface area contributed by atoms with Gasteiger partial charge in [0, 0.05) is 19.8 Å². The van der Waals surface area contributed by atoms with Crippen LogP contribution in [0.25, 0.3) is 0 Å². The molecule has 0 saturated heterocycles. The summed E-state index contributed by atoms with van der Waals surface area (Å²) >= 11 is 0. The van der Waals surface area contributed by atoms with Crippen molar-refractivity contribution >= 4 is 0 Å². The SMILES string of the molecule is CCCCCCOC(CCCCCCCC/C=C\CCO)OCCCCCC. The largest absolute Gasteiger partial charge is 0.396 e. The summed E-state index contributed by atoms with van der Waals surface area (Å²) < 4.78 is 12.1. The molecule has 0 aliphatic heterocycles. The molecule has 0 heterocycles. The minimum Gasteiger partial charge on any atom is -0.396 e. The summed E-state index contributed by atoms with van der Waals surface area (Å²) in [6.45, 7) is 6.46. The lowest BCUT2D eigenvalue weighted by atomic mass is 10.1. The second-order valence-electron chi connectivity index (χ2n) is 7.97. The van der Waals surface area contributed by atoms with E-state index < -0.39 is 0 Å². The number of rotatable bonds is 23. The molecule has 0 atom stereocenters. The molecule has 3 nitrogen and oxygen atoms in total. The number of aliphatic hydroxyl groups excluding tert-OH is 1. The van der Waals surface area contributed by atoms with Gasteiger partial charge in [-0.1, -0.05) is 90.2 Å². The molecule has 1 N–H and O–H groups in total. The predicted octanol–water partition coefficient (Wildman–Crippen LogP) is 7.57. The van der Waals surface area contributed by atoms with Crippen LogP contribution in [0.5, 0.6) is 0 Å². The lowest BCUT2D eigenvalue weighted by Gasteiger charge is -2.19. The van der Waals surface area contributed by atoms with Crippen LogP contribution >= 0.6 is 0 Å². The Balaban J connectivity index is 3.71. The molecule has 0 aliphatic rings. The first kappa shape index (κ1) is 27.6. The van der Waals surface area contributed by atoms with E-state index in [9.17, 15) is 0 Å². The fourth-order valence-electron chi connectivity index (χ4n) is 3.29. The number of hydrogen-bond acceptors (Lipinski definition) is 3. The standard InChI is InChI=1S/C25H50O3/c1-3-5-7-19-23-27-25(28-24-20-8-6-4-2)21-17-15-13-11-9-10-12-14-16-18-22-26/h14,16,25-26H,3-13,15,17-24H2,1-2H3/b16-14-. The molecule has 0 aromatic heterocycles. The van der Waals surface area contributed by atoms with Gasteiger partial charge in [0.1, 0.15) is 0 Å². The van der Waals surface area contributed by atoms with Crippen molar-refractivity contribution in [3.05, 3.63) is 12.2 Å². The third kappa shape index (κ3) is 21.9. The van der Waals surface area contributed by atoms with Gasteiger partial charge in [0.25, 0.3) is 0 Å². The van der Waals surface area contributed by atoms with Crippen LogP contribution in [0.2, 0.25) is 0 Å². The molecule has 0 spiro atoms. The molecule has 3 heteroatoms. The van der Waals surface area contributed by atoms with Gasteiger partial charge >= 0.3 is 0 Å². The summed E-state index contributed by atoms with van der Waals surface area (Å²) in [7, 11) is 0. The average molecular weight is 399 g/mol. The lowest BCUT2D eigenvalue weighted by Crippen LogP contribution is -2.19. The highest BCUT2D eigenvalue weighted by Crippen LogP contribution is 2.14. The van der Waals surface area contributed by atoms with E-state index in [2.05, 4.69) is 26.0 Å². The molecule has 0 amide bonds. The normalized spacial score (nSPS) is 11.9. The molecule has 0 radical (unpaired) electrons. The van der Waals surface area contributed by atoms with Gasteiger partial charge < -0.3 is 14.6 Å². The summed E-state index contributed by atoms with van der Waals surface area (Å²) in [5.74, 6) is 0. The second-order valence-corrected chi connectivity index (χ2v) is 7.97. The van der Waals surface area contributed by atoms with Crippen molar-refractivity contribution < 1.29 is 14.6 Å². The van der Waals surface area contributed by atoms with Gasteiger partial charge in [0.2, 0.25) is 0 Å². The number of hydrogen-bond donors (Lipinski definition) is 1. The van der Waals surface area contributed by atoms with Crippen molar-refractivity contribution in [2.24, 2.45) is 0 Å². The van der Waals surface area contributed by atoms with E-state index in [1.807, 2.05) is 0 Å². The van der Waals surface area contributed by atoms with Gasteiger partial charge in [-0.05, 0) is 44.9 Å². The highest BCUT2D eigenvalue weighted by Gasteiger charge is 2.09. The lowest BCUT2D eigenvalue weighted by molar-refractivity contribution is -0.148. The predicted molar refractivity (Wildman–Crippen MR) is 122 cm³/mol. The van der Waals surface area contributed by atoms with Gasteiger partial charge in [-0.3, -0.25) is 0 Å². The van der Waals surface area contributed by atoms with Crippen LogP contribution in [0.4, 0.5) is 0 Å². The summed E-state index contributed by atoms with van der Waals surface area (Å²) in [5.41, 5.74) is 0. The number of unbranched alkanes of at least 4 members (excludes halogenated alkanes) is 12. The molecule has 0 unspecified atom stereocenters. The van der Waals surface area contributed by atoms with Crippen LogP contribution in [0.15, 0.2) is 12.2 Å². The Morgan fingerprint density at radius 2 is 1.11 bits per heavy atom. The van der Waals surface area contributed by atoms with Crippen LogP contribution in [0.3, 0.4) is 0 Å². The average Bonchev–Trinajstić information content (AvgIpc) is 2.71. The van der Waals surface area contributed by atoms with Crippen LogP contribution in [-0.2, 0) is 9.47 Å². The van der Waals surface area contributed by atoms with Gasteiger partial charge in [-0.2, -0.15) is 0 Å². The summed E-state index contributed by atoms with van der Waals surface area (Å²) in [6.07, 6.45) is 25.1. The van der Waals surface area contributed by atoms with Gasteiger partial charge in [-0.15, -0.1) is 0 Å². The third-order valence-electron chi connectivity index (χ3n) is 5.13. The Kier molecular flexibility index (Phi) is 24.3. The van der Waals surface area contributed by atoms with E-state index in [4.69, 9.17) is 14.6 Å². The Bertz CT molecular complexity index is 290. The molecule has 0 aromatic rings. The van der Waals surface area contributed by atoms with Gasteiger partial charge in [0.15, 0.2) is 6.29 Å². The van der Waals surface area contributed by atoms with E-state index in [0.29, 0.717) is 0 Å². The van der Waals surface area contributed by atoms with E-state index in [0.717, 1.165) is 45.3 Å². The first-order chi connectivity index (χ1) is 13.8. The summed E-state index contributed by atoms with van der Waals surface area (Å²) in [5, 5.41) is 8.72. The summed E-state index contributed by atoms with van der Waals surface area (Å²) in [6, 6.07) is 0. The van der Waals surface area contributed by atoms with Crippen molar-refractivity contribution in [2.45, 2.75) is 129 Å². The molecule has 0 fully saturated rings. The molecule has 0 aliphatic carbocycles. The second kappa shape index (κ2) is 24.7. The van der Waals surface area contributed by atoms with Crippen molar-refractivity contribution in [1.29, 1.82) is 0 Å². The molecule has 28 heavy (non-hydrogen) atoms. The maximum atomic E-state index is 8.72.